The minimum atomic E-state index is -0.506. The molecule has 0 aliphatic rings. The maximum Gasteiger partial charge on any atom is 0.411 e. The fourth-order valence-corrected chi connectivity index (χ4v) is 3.07. The molecule has 0 aliphatic heterocycles. The average molecular weight is 403 g/mol. The minimum Gasteiger partial charge on any atom is -0.450 e. The van der Waals surface area contributed by atoms with Crippen molar-refractivity contribution < 1.29 is 14.3 Å². The maximum absolute atomic E-state index is 12.6. The Labute approximate surface area is 176 Å². The summed E-state index contributed by atoms with van der Waals surface area (Å²) >= 11 is 0. The molecule has 0 aromatic heterocycles. The van der Waals surface area contributed by atoms with Crippen LogP contribution in [0.2, 0.25) is 0 Å². The second-order valence-electron chi connectivity index (χ2n) is 6.64. The van der Waals surface area contributed by atoms with Crippen LogP contribution < -0.4 is 16.0 Å². The van der Waals surface area contributed by atoms with Gasteiger partial charge in [-0.2, -0.15) is 0 Å². The van der Waals surface area contributed by atoms with Gasteiger partial charge in [0.05, 0.1) is 13.2 Å². The van der Waals surface area contributed by atoms with E-state index in [1.54, 1.807) is 19.1 Å². The van der Waals surface area contributed by atoms with E-state index in [1.165, 1.54) is 0 Å². The second-order valence-corrected chi connectivity index (χ2v) is 6.64. The second kappa shape index (κ2) is 10.1. The van der Waals surface area contributed by atoms with Crippen molar-refractivity contribution in [1.29, 1.82) is 0 Å². The maximum atomic E-state index is 12.6. The first-order valence-corrected chi connectivity index (χ1v) is 9.80. The lowest BCUT2D eigenvalue weighted by atomic mass is 10.0. The van der Waals surface area contributed by atoms with Crippen LogP contribution in [0.15, 0.2) is 72.8 Å². The molecular formula is C24H25N3O3. The van der Waals surface area contributed by atoms with Crippen LogP contribution in [-0.4, -0.2) is 25.2 Å². The topological polar surface area (TPSA) is 79.5 Å². The smallest absolute Gasteiger partial charge is 0.411 e. The number of carbonyl (C=O) groups is 2. The van der Waals surface area contributed by atoms with E-state index < -0.39 is 6.09 Å². The lowest BCUT2D eigenvalue weighted by molar-refractivity contribution is -0.114. The van der Waals surface area contributed by atoms with Gasteiger partial charge in [-0.05, 0) is 43.2 Å². The number of nitrogens with one attached hydrogen (secondary N) is 3. The van der Waals surface area contributed by atoms with Gasteiger partial charge in [0.25, 0.3) is 0 Å². The molecule has 6 heteroatoms. The van der Waals surface area contributed by atoms with Gasteiger partial charge in [-0.1, -0.05) is 54.6 Å². The van der Waals surface area contributed by atoms with E-state index in [0.717, 1.165) is 28.1 Å². The fourth-order valence-electron chi connectivity index (χ4n) is 3.07. The molecule has 0 radical (unpaired) electrons. The van der Waals surface area contributed by atoms with Crippen molar-refractivity contribution in [3.05, 3.63) is 78.4 Å². The molecule has 0 fully saturated rings. The van der Waals surface area contributed by atoms with Gasteiger partial charge in [0.2, 0.25) is 5.91 Å². The van der Waals surface area contributed by atoms with Crippen LogP contribution in [0.1, 0.15) is 12.5 Å². The van der Waals surface area contributed by atoms with Crippen molar-refractivity contribution in [3.63, 3.8) is 0 Å². The molecule has 2 amide bonds. The number of benzene rings is 3. The van der Waals surface area contributed by atoms with E-state index in [0.29, 0.717) is 12.3 Å². The standard InChI is InChI=1S/C24H25N3O3/c1-3-30-24(29)27-21-15-9-14-20(17(21)2)25-16-23(28)26-22-13-8-7-12-19(22)18-10-5-4-6-11-18/h4-15,25H,3,16H2,1-2H3,(H,26,28)(H,27,29). The molecule has 0 aliphatic carbocycles. The molecule has 30 heavy (non-hydrogen) atoms. The fraction of sp³-hybridized carbons (Fsp3) is 0.167. The van der Waals surface area contributed by atoms with E-state index in [2.05, 4.69) is 16.0 Å². The molecule has 3 aromatic rings. The molecular weight excluding hydrogens is 378 g/mol. The Balaban J connectivity index is 1.66. The molecule has 0 unspecified atom stereocenters. The third-order valence-corrected chi connectivity index (χ3v) is 4.57. The molecule has 0 bridgehead atoms. The summed E-state index contributed by atoms with van der Waals surface area (Å²) in [7, 11) is 0. The Kier molecular flexibility index (Phi) is 7.05. The molecule has 0 heterocycles. The Morgan fingerprint density at radius 3 is 2.23 bits per heavy atom. The van der Waals surface area contributed by atoms with Gasteiger partial charge < -0.3 is 15.4 Å². The Morgan fingerprint density at radius 1 is 0.800 bits per heavy atom. The molecule has 0 saturated carbocycles. The van der Waals surface area contributed by atoms with Crippen LogP contribution in [0.25, 0.3) is 11.1 Å². The monoisotopic (exact) mass is 403 g/mol. The number of rotatable bonds is 7. The molecule has 0 spiro atoms. The van der Waals surface area contributed by atoms with E-state index >= 15 is 0 Å². The first-order valence-electron chi connectivity index (χ1n) is 9.80. The van der Waals surface area contributed by atoms with Crippen molar-refractivity contribution in [2.75, 3.05) is 29.1 Å². The highest BCUT2D eigenvalue weighted by atomic mass is 16.5. The first-order chi connectivity index (χ1) is 14.6. The number of amides is 2. The SMILES string of the molecule is CCOC(=O)Nc1cccc(NCC(=O)Nc2ccccc2-c2ccccc2)c1C. The lowest BCUT2D eigenvalue weighted by Crippen LogP contribution is -2.22. The number of para-hydroxylation sites is 1. The quantitative estimate of drug-likeness (QED) is 0.501. The van der Waals surface area contributed by atoms with Crippen LogP contribution in [-0.2, 0) is 9.53 Å². The van der Waals surface area contributed by atoms with Crippen molar-refractivity contribution in [2.45, 2.75) is 13.8 Å². The zero-order chi connectivity index (χ0) is 21.3. The van der Waals surface area contributed by atoms with E-state index in [1.807, 2.05) is 67.6 Å². The number of hydrogen-bond donors (Lipinski definition) is 3. The summed E-state index contributed by atoms with van der Waals surface area (Å²) in [5.41, 5.74) is 4.97. The van der Waals surface area contributed by atoms with E-state index in [4.69, 9.17) is 4.74 Å². The van der Waals surface area contributed by atoms with Crippen LogP contribution in [0.4, 0.5) is 21.9 Å². The first kappa shape index (κ1) is 20.9. The number of anilines is 3. The van der Waals surface area contributed by atoms with Crippen molar-refractivity contribution in [1.82, 2.24) is 0 Å². The summed E-state index contributed by atoms with van der Waals surface area (Å²) in [6.07, 6.45) is -0.506. The Morgan fingerprint density at radius 2 is 1.47 bits per heavy atom. The highest BCUT2D eigenvalue weighted by Gasteiger charge is 2.11. The van der Waals surface area contributed by atoms with Gasteiger partial charge in [-0.3, -0.25) is 10.1 Å². The average Bonchev–Trinajstić information content (AvgIpc) is 2.75. The van der Waals surface area contributed by atoms with Crippen LogP contribution in [0, 0.1) is 6.92 Å². The third kappa shape index (κ3) is 5.38. The summed E-state index contributed by atoms with van der Waals surface area (Å²) in [6, 6.07) is 23.1. The molecule has 3 aromatic carbocycles. The zero-order valence-electron chi connectivity index (χ0n) is 17.1. The summed E-state index contributed by atoms with van der Waals surface area (Å²) in [5.74, 6) is -0.165. The predicted octanol–water partition coefficient (Wildman–Crippen LogP) is 5.28. The largest absolute Gasteiger partial charge is 0.450 e. The molecule has 6 nitrogen and oxygen atoms in total. The summed E-state index contributed by atoms with van der Waals surface area (Å²) < 4.78 is 4.92. The Bertz CT molecular complexity index is 1020. The van der Waals surface area contributed by atoms with E-state index in [-0.39, 0.29) is 12.5 Å². The van der Waals surface area contributed by atoms with Crippen molar-refractivity contribution >= 4 is 29.1 Å². The van der Waals surface area contributed by atoms with Gasteiger partial charge in [0, 0.05) is 22.6 Å². The van der Waals surface area contributed by atoms with Gasteiger partial charge in [0.1, 0.15) is 0 Å². The molecule has 0 atom stereocenters. The van der Waals surface area contributed by atoms with Crippen molar-refractivity contribution in [2.24, 2.45) is 0 Å². The summed E-state index contributed by atoms with van der Waals surface area (Å²) in [6.45, 7) is 4.01. The third-order valence-electron chi connectivity index (χ3n) is 4.57. The van der Waals surface area contributed by atoms with Gasteiger partial charge in [0.15, 0.2) is 0 Å². The number of hydrogen-bond acceptors (Lipinski definition) is 4. The Hall–Kier alpha value is -3.80. The van der Waals surface area contributed by atoms with Crippen molar-refractivity contribution in [3.8, 4) is 11.1 Å². The highest BCUT2D eigenvalue weighted by Crippen LogP contribution is 2.27. The minimum absolute atomic E-state index is 0.0901. The molecule has 3 N–H and O–H groups in total. The number of carbonyl (C=O) groups excluding carboxylic acids is 2. The lowest BCUT2D eigenvalue weighted by Gasteiger charge is -2.15. The van der Waals surface area contributed by atoms with Crippen LogP contribution in [0.5, 0.6) is 0 Å². The van der Waals surface area contributed by atoms with Gasteiger partial charge in [-0.15, -0.1) is 0 Å². The summed E-state index contributed by atoms with van der Waals surface area (Å²) in [4.78, 5) is 24.2. The zero-order valence-corrected chi connectivity index (χ0v) is 17.1. The molecule has 0 saturated heterocycles. The summed E-state index contributed by atoms with van der Waals surface area (Å²) in [5, 5.41) is 8.81. The van der Waals surface area contributed by atoms with Crippen LogP contribution in [0.3, 0.4) is 0 Å². The van der Waals surface area contributed by atoms with Gasteiger partial charge >= 0.3 is 6.09 Å². The van der Waals surface area contributed by atoms with Gasteiger partial charge in [-0.25, -0.2) is 4.79 Å². The normalized spacial score (nSPS) is 10.2. The molecule has 154 valence electrons. The molecule has 3 rings (SSSR count). The highest BCUT2D eigenvalue weighted by molar-refractivity contribution is 5.98. The van der Waals surface area contributed by atoms with E-state index in [9.17, 15) is 9.59 Å². The van der Waals surface area contributed by atoms with Crippen LogP contribution >= 0.6 is 0 Å². The predicted molar refractivity (Wildman–Crippen MR) is 121 cm³/mol. The number of ether oxygens (including phenoxy) is 1.